The summed E-state index contributed by atoms with van der Waals surface area (Å²) in [5, 5.41) is 4.20. The number of rotatable bonds is 5. The fraction of sp³-hybridized carbons (Fsp3) is 0.500. The lowest BCUT2D eigenvalue weighted by atomic mass is 10.3. The number of hydrogen-bond donors (Lipinski definition) is 2. The molecule has 0 aliphatic heterocycles. The van der Waals surface area contributed by atoms with E-state index >= 15 is 0 Å². The van der Waals surface area contributed by atoms with Gasteiger partial charge in [0.25, 0.3) is 0 Å². The summed E-state index contributed by atoms with van der Waals surface area (Å²) in [6.45, 7) is 11.1. The molecular weight excluding hydrogens is 359 g/mol. The predicted octanol–water partition coefficient (Wildman–Crippen LogP) is 2.40. The van der Waals surface area contributed by atoms with E-state index in [1.54, 1.807) is 11.3 Å². The molecule has 3 N–H and O–H groups in total. The summed E-state index contributed by atoms with van der Waals surface area (Å²) in [6, 6.07) is 0. The number of thiazole rings is 1. The maximum absolute atomic E-state index is 5.71. The summed E-state index contributed by atoms with van der Waals surface area (Å²) in [6.07, 6.45) is 0.931. The Bertz CT molecular complexity index is 426. The Balaban J connectivity index is 0.00000289. The summed E-state index contributed by atoms with van der Waals surface area (Å²) in [5.41, 5.74) is 7.84. The van der Waals surface area contributed by atoms with Gasteiger partial charge in [-0.05, 0) is 20.8 Å². The Morgan fingerprint density at radius 1 is 1.50 bits per heavy atom. The van der Waals surface area contributed by atoms with Gasteiger partial charge in [0.15, 0.2) is 5.96 Å². The van der Waals surface area contributed by atoms with E-state index in [9.17, 15) is 0 Å². The van der Waals surface area contributed by atoms with E-state index < -0.39 is 0 Å². The minimum Gasteiger partial charge on any atom is -0.370 e. The minimum absolute atomic E-state index is 0. The van der Waals surface area contributed by atoms with Crippen LogP contribution in [0.3, 0.4) is 0 Å². The second kappa shape index (κ2) is 8.47. The first-order chi connectivity index (χ1) is 7.99. The number of hydrogen-bond acceptors (Lipinski definition) is 3. The first kappa shape index (κ1) is 17.4. The summed E-state index contributed by atoms with van der Waals surface area (Å²) >= 11 is 1.74. The molecule has 0 radical (unpaired) electrons. The van der Waals surface area contributed by atoms with Crippen molar-refractivity contribution in [1.82, 2.24) is 10.3 Å². The average Bonchev–Trinajstić information content (AvgIpc) is 2.55. The van der Waals surface area contributed by atoms with Gasteiger partial charge in [-0.15, -0.1) is 35.3 Å². The predicted molar refractivity (Wildman–Crippen MR) is 90.0 cm³/mol. The van der Waals surface area contributed by atoms with Gasteiger partial charge < -0.3 is 11.1 Å². The van der Waals surface area contributed by atoms with Gasteiger partial charge in [-0.2, -0.15) is 0 Å². The molecule has 0 fully saturated rings. The van der Waals surface area contributed by atoms with Crippen molar-refractivity contribution in [3.63, 3.8) is 0 Å². The van der Waals surface area contributed by atoms with E-state index in [4.69, 9.17) is 5.73 Å². The van der Waals surface area contributed by atoms with Crippen LogP contribution in [0.4, 0.5) is 0 Å². The number of guanidine groups is 1. The second-order valence-electron chi connectivity index (χ2n) is 4.08. The Labute approximate surface area is 130 Å². The quantitative estimate of drug-likeness (QED) is 0.357. The molecule has 0 amide bonds. The van der Waals surface area contributed by atoms with Crippen molar-refractivity contribution >= 4 is 41.3 Å². The molecule has 0 spiro atoms. The van der Waals surface area contributed by atoms with Crippen molar-refractivity contribution < 1.29 is 0 Å². The van der Waals surface area contributed by atoms with Gasteiger partial charge in [0.1, 0.15) is 0 Å². The van der Waals surface area contributed by atoms with Crippen LogP contribution in [0.25, 0.3) is 0 Å². The third kappa shape index (κ3) is 6.34. The maximum Gasteiger partial charge on any atom is 0.188 e. The van der Waals surface area contributed by atoms with E-state index in [2.05, 4.69) is 21.9 Å². The van der Waals surface area contributed by atoms with Crippen molar-refractivity contribution in [2.75, 3.05) is 13.1 Å². The van der Waals surface area contributed by atoms with Gasteiger partial charge in [-0.3, -0.25) is 0 Å². The standard InChI is InChI=1S/C12H20N4S.HI/c1-8(2)7-15-12(13)14-6-5-11-9(3)16-10(4)17-11;/h1,5-7H2,2-4H3,(H3,13,14,15);1H. The molecule has 102 valence electrons. The van der Waals surface area contributed by atoms with Crippen LogP contribution in [0.2, 0.25) is 0 Å². The van der Waals surface area contributed by atoms with Crippen LogP contribution in [0.5, 0.6) is 0 Å². The molecule has 0 aromatic carbocycles. The van der Waals surface area contributed by atoms with Crippen molar-refractivity contribution in [2.45, 2.75) is 27.2 Å². The third-order valence-corrected chi connectivity index (χ3v) is 3.31. The van der Waals surface area contributed by atoms with Gasteiger partial charge in [-0.25, -0.2) is 9.98 Å². The lowest BCUT2D eigenvalue weighted by Gasteiger charge is -2.04. The number of aliphatic imine (C=N–C) groups is 1. The molecule has 0 aliphatic rings. The van der Waals surface area contributed by atoms with Crippen LogP contribution in [0.1, 0.15) is 22.5 Å². The number of halogens is 1. The number of aryl methyl sites for hydroxylation is 2. The van der Waals surface area contributed by atoms with E-state index in [1.807, 2.05) is 20.8 Å². The zero-order valence-electron chi connectivity index (χ0n) is 11.1. The zero-order valence-corrected chi connectivity index (χ0v) is 14.3. The highest BCUT2D eigenvalue weighted by molar-refractivity contribution is 14.0. The van der Waals surface area contributed by atoms with Crippen molar-refractivity contribution in [2.24, 2.45) is 10.7 Å². The molecule has 4 nitrogen and oxygen atoms in total. The van der Waals surface area contributed by atoms with E-state index in [1.165, 1.54) is 4.88 Å². The number of nitrogens with zero attached hydrogens (tertiary/aromatic N) is 2. The molecule has 0 aliphatic carbocycles. The first-order valence-electron chi connectivity index (χ1n) is 5.60. The molecule has 0 unspecified atom stereocenters. The summed E-state index contributed by atoms with van der Waals surface area (Å²) in [5.74, 6) is 0.479. The van der Waals surface area contributed by atoms with Crippen LogP contribution in [-0.2, 0) is 6.42 Å². The minimum atomic E-state index is 0. The van der Waals surface area contributed by atoms with E-state index in [0.717, 1.165) is 29.2 Å². The highest BCUT2D eigenvalue weighted by Crippen LogP contribution is 2.16. The van der Waals surface area contributed by atoms with Crippen LogP contribution >= 0.6 is 35.3 Å². The summed E-state index contributed by atoms with van der Waals surface area (Å²) < 4.78 is 0. The molecule has 18 heavy (non-hydrogen) atoms. The lowest BCUT2D eigenvalue weighted by Crippen LogP contribution is -2.33. The van der Waals surface area contributed by atoms with Gasteiger partial charge in [0.2, 0.25) is 0 Å². The average molecular weight is 380 g/mol. The van der Waals surface area contributed by atoms with E-state index in [0.29, 0.717) is 12.5 Å². The molecule has 6 heteroatoms. The normalized spacial score (nSPS) is 10.9. The third-order valence-electron chi connectivity index (χ3n) is 2.18. The fourth-order valence-corrected chi connectivity index (χ4v) is 2.32. The maximum atomic E-state index is 5.71. The topological polar surface area (TPSA) is 63.3 Å². The lowest BCUT2D eigenvalue weighted by molar-refractivity contribution is 0.855. The second-order valence-corrected chi connectivity index (χ2v) is 5.36. The molecule has 1 heterocycles. The number of aromatic nitrogens is 1. The Morgan fingerprint density at radius 2 is 2.17 bits per heavy atom. The van der Waals surface area contributed by atoms with E-state index in [-0.39, 0.29) is 24.0 Å². The first-order valence-corrected chi connectivity index (χ1v) is 6.41. The van der Waals surface area contributed by atoms with Crippen molar-refractivity contribution in [3.05, 3.63) is 27.7 Å². The molecular formula is C12H21IN4S. The summed E-state index contributed by atoms with van der Waals surface area (Å²) in [7, 11) is 0. The van der Waals surface area contributed by atoms with Crippen molar-refractivity contribution in [1.29, 1.82) is 0 Å². The largest absolute Gasteiger partial charge is 0.370 e. The van der Waals surface area contributed by atoms with Crippen molar-refractivity contribution in [3.8, 4) is 0 Å². The summed E-state index contributed by atoms with van der Waals surface area (Å²) in [4.78, 5) is 9.85. The molecule has 1 rings (SSSR count). The van der Waals surface area contributed by atoms with Gasteiger partial charge >= 0.3 is 0 Å². The monoisotopic (exact) mass is 380 g/mol. The van der Waals surface area contributed by atoms with Gasteiger partial charge in [0.05, 0.1) is 17.2 Å². The zero-order chi connectivity index (χ0) is 12.8. The number of nitrogens with two attached hydrogens (primary N) is 1. The van der Waals surface area contributed by atoms with Crippen LogP contribution in [-0.4, -0.2) is 24.0 Å². The van der Waals surface area contributed by atoms with Gasteiger partial charge in [-0.1, -0.05) is 12.2 Å². The highest BCUT2D eigenvalue weighted by atomic mass is 127. The van der Waals surface area contributed by atoms with Crippen LogP contribution < -0.4 is 11.1 Å². The van der Waals surface area contributed by atoms with Crippen LogP contribution in [0.15, 0.2) is 17.1 Å². The molecule has 0 saturated heterocycles. The number of nitrogens with one attached hydrogen (secondary N) is 1. The highest BCUT2D eigenvalue weighted by Gasteiger charge is 2.04. The fourth-order valence-electron chi connectivity index (χ4n) is 1.39. The Morgan fingerprint density at radius 3 is 2.67 bits per heavy atom. The molecule has 0 atom stereocenters. The Kier molecular flexibility index (Phi) is 8.17. The molecule has 1 aromatic rings. The molecule has 0 bridgehead atoms. The molecule has 0 saturated carbocycles. The molecule has 1 aromatic heterocycles. The SMILES string of the molecule is C=C(C)CN=C(N)NCCc1sc(C)nc1C.I. The van der Waals surface area contributed by atoms with Gasteiger partial charge in [0, 0.05) is 17.8 Å². The Hall–Kier alpha value is -0.630. The smallest absolute Gasteiger partial charge is 0.188 e. The van der Waals surface area contributed by atoms with Crippen LogP contribution in [0, 0.1) is 13.8 Å².